The average Bonchev–Trinajstić information content (AvgIpc) is 3.26. The van der Waals surface area contributed by atoms with Crippen molar-refractivity contribution in [2.75, 3.05) is 13.1 Å². The number of carbonyl (C=O) groups excluding carboxylic acids is 1. The molecule has 1 aliphatic rings. The zero-order valence-electron chi connectivity index (χ0n) is 13.5. The number of nitrogens with zero attached hydrogens (tertiary/aromatic N) is 3. The molecule has 0 saturated carbocycles. The second kappa shape index (κ2) is 7.62. The second-order valence-electron chi connectivity index (χ2n) is 5.46. The number of H-pyrrole nitrogens is 1. The normalized spacial score (nSPS) is 18.3. The number of aromatic nitrogens is 3. The topological polar surface area (TPSA) is 120 Å². The van der Waals surface area contributed by atoms with Crippen LogP contribution >= 0.6 is 0 Å². The maximum Gasteiger partial charge on any atom is 0.220 e. The van der Waals surface area contributed by atoms with Gasteiger partial charge in [0.25, 0.3) is 0 Å². The molecule has 1 saturated heterocycles. The lowest BCUT2D eigenvalue weighted by Crippen LogP contribution is -2.51. The van der Waals surface area contributed by atoms with Crippen molar-refractivity contribution in [3.63, 3.8) is 0 Å². The second-order valence-corrected chi connectivity index (χ2v) is 5.46. The molecule has 0 radical (unpaired) electrons. The summed E-state index contributed by atoms with van der Waals surface area (Å²) in [6, 6.07) is 3.77. The summed E-state index contributed by atoms with van der Waals surface area (Å²) in [6.07, 6.45) is 2.91. The fourth-order valence-electron chi connectivity index (χ4n) is 2.41. The van der Waals surface area contributed by atoms with Crippen molar-refractivity contribution in [1.82, 2.24) is 31.1 Å². The van der Waals surface area contributed by atoms with Crippen LogP contribution in [0.4, 0.5) is 0 Å². The first-order chi connectivity index (χ1) is 11.7. The fourth-order valence-corrected chi connectivity index (χ4v) is 2.41. The molecule has 2 aromatic rings. The van der Waals surface area contributed by atoms with E-state index in [0.29, 0.717) is 42.9 Å². The Morgan fingerprint density at radius 3 is 3.17 bits per heavy atom. The fraction of sp³-hybridized carbons (Fsp3) is 0.467. The summed E-state index contributed by atoms with van der Waals surface area (Å²) in [7, 11) is 0. The van der Waals surface area contributed by atoms with Gasteiger partial charge >= 0.3 is 0 Å². The van der Waals surface area contributed by atoms with Gasteiger partial charge in [0.15, 0.2) is 11.7 Å². The molecule has 1 fully saturated rings. The standard InChI is InChI=1S/C15H21N7O2/c1-2-16-15(19-10-5-6-13(23)17-8-10)18-9-12-20-14(22-21-12)11-4-3-7-24-11/h3-4,7,10H,2,5-6,8-9H2,1H3,(H,17,23)(H2,16,18,19)(H,20,21,22). The van der Waals surface area contributed by atoms with E-state index >= 15 is 0 Å². The van der Waals surface area contributed by atoms with Gasteiger partial charge in [-0.15, -0.1) is 5.10 Å². The Bertz CT molecular complexity index is 683. The van der Waals surface area contributed by atoms with Crippen molar-refractivity contribution in [3.05, 3.63) is 24.2 Å². The van der Waals surface area contributed by atoms with Crippen LogP contribution in [0, 0.1) is 0 Å². The van der Waals surface area contributed by atoms with Crippen LogP contribution in [0.5, 0.6) is 0 Å². The number of rotatable bonds is 5. The van der Waals surface area contributed by atoms with E-state index in [0.717, 1.165) is 13.0 Å². The van der Waals surface area contributed by atoms with E-state index in [9.17, 15) is 4.79 Å². The Labute approximate surface area is 139 Å². The Morgan fingerprint density at radius 2 is 2.46 bits per heavy atom. The molecule has 9 heteroatoms. The van der Waals surface area contributed by atoms with Gasteiger partial charge in [0.1, 0.15) is 12.4 Å². The summed E-state index contributed by atoms with van der Waals surface area (Å²) in [5.41, 5.74) is 0. The van der Waals surface area contributed by atoms with Gasteiger partial charge in [-0.05, 0) is 25.5 Å². The lowest BCUT2D eigenvalue weighted by molar-refractivity contribution is -0.122. The maximum atomic E-state index is 11.2. The summed E-state index contributed by atoms with van der Waals surface area (Å²) < 4.78 is 5.27. The predicted molar refractivity (Wildman–Crippen MR) is 88.1 cm³/mol. The summed E-state index contributed by atoms with van der Waals surface area (Å²) in [5, 5.41) is 16.3. The third-order valence-electron chi connectivity index (χ3n) is 3.61. The Kier molecular flexibility index (Phi) is 5.09. The minimum absolute atomic E-state index is 0.0992. The highest BCUT2D eigenvalue weighted by atomic mass is 16.3. The van der Waals surface area contributed by atoms with E-state index < -0.39 is 0 Å². The predicted octanol–water partition coefficient (Wildman–Crippen LogP) is 0.398. The molecule has 0 spiro atoms. The van der Waals surface area contributed by atoms with Gasteiger partial charge in [0.05, 0.1) is 6.26 Å². The van der Waals surface area contributed by atoms with E-state index in [-0.39, 0.29) is 11.9 Å². The SMILES string of the molecule is CCNC(=NCc1nc(-c2ccco2)n[nH]1)NC1CCC(=O)NC1. The number of piperidine rings is 1. The quantitative estimate of drug-likeness (QED) is 0.465. The van der Waals surface area contributed by atoms with Gasteiger partial charge in [-0.2, -0.15) is 0 Å². The van der Waals surface area contributed by atoms with Crippen molar-refractivity contribution in [2.24, 2.45) is 4.99 Å². The van der Waals surface area contributed by atoms with E-state index in [1.165, 1.54) is 0 Å². The molecule has 24 heavy (non-hydrogen) atoms. The first kappa shape index (κ1) is 16.0. The van der Waals surface area contributed by atoms with Crippen LogP contribution in [0.2, 0.25) is 0 Å². The van der Waals surface area contributed by atoms with E-state index in [1.807, 2.05) is 6.92 Å². The molecular weight excluding hydrogens is 310 g/mol. The molecule has 1 aliphatic heterocycles. The minimum atomic E-state index is 0.0992. The average molecular weight is 331 g/mol. The van der Waals surface area contributed by atoms with Gasteiger partial charge in [0, 0.05) is 25.6 Å². The highest BCUT2D eigenvalue weighted by Gasteiger charge is 2.18. The molecule has 9 nitrogen and oxygen atoms in total. The molecule has 2 aromatic heterocycles. The maximum absolute atomic E-state index is 11.2. The number of nitrogens with one attached hydrogen (secondary N) is 4. The Balaban J connectivity index is 1.60. The summed E-state index contributed by atoms with van der Waals surface area (Å²) in [4.78, 5) is 20.1. The number of aromatic amines is 1. The monoisotopic (exact) mass is 331 g/mol. The van der Waals surface area contributed by atoms with Crippen molar-refractivity contribution < 1.29 is 9.21 Å². The molecule has 0 aliphatic carbocycles. The number of amides is 1. The first-order valence-corrected chi connectivity index (χ1v) is 8.01. The molecule has 0 bridgehead atoms. The third kappa shape index (κ3) is 4.12. The molecule has 1 amide bonds. The van der Waals surface area contributed by atoms with Crippen molar-refractivity contribution >= 4 is 11.9 Å². The van der Waals surface area contributed by atoms with Gasteiger partial charge < -0.3 is 20.4 Å². The van der Waals surface area contributed by atoms with E-state index in [2.05, 4.69) is 36.1 Å². The number of furan rings is 1. The van der Waals surface area contributed by atoms with E-state index in [4.69, 9.17) is 4.42 Å². The lowest BCUT2D eigenvalue weighted by Gasteiger charge is -2.25. The molecule has 1 atom stereocenters. The van der Waals surface area contributed by atoms with Crippen LogP contribution in [-0.2, 0) is 11.3 Å². The Hall–Kier alpha value is -2.84. The van der Waals surface area contributed by atoms with Crippen LogP contribution in [0.1, 0.15) is 25.6 Å². The first-order valence-electron chi connectivity index (χ1n) is 8.01. The Morgan fingerprint density at radius 1 is 1.54 bits per heavy atom. The highest BCUT2D eigenvalue weighted by molar-refractivity contribution is 5.81. The van der Waals surface area contributed by atoms with E-state index in [1.54, 1.807) is 18.4 Å². The molecule has 0 aromatic carbocycles. The van der Waals surface area contributed by atoms with Gasteiger partial charge in [-0.25, -0.2) is 9.98 Å². The molecule has 3 rings (SSSR count). The number of carbonyl (C=O) groups is 1. The molecular formula is C15H21N7O2. The number of guanidine groups is 1. The van der Waals surface area contributed by atoms with Gasteiger partial charge in [0.2, 0.25) is 11.7 Å². The zero-order chi connectivity index (χ0) is 16.8. The van der Waals surface area contributed by atoms with Crippen LogP contribution in [0.15, 0.2) is 27.8 Å². The summed E-state index contributed by atoms with van der Waals surface area (Å²) >= 11 is 0. The van der Waals surface area contributed by atoms with Crippen LogP contribution in [-0.4, -0.2) is 46.2 Å². The van der Waals surface area contributed by atoms with Crippen LogP contribution in [0.25, 0.3) is 11.6 Å². The van der Waals surface area contributed by atoms with Gasteiger partial charge in [-0.1, -0.05) is 0 Å². The smallest absolute Gasteiger partial charge is 0.220 e. The third-order valence-corrected chi connectivity index (χ3v) is 3.61. The minimum Gasteiger partial charge on any atom is -0.461 e. The molecule has 4 N–H and O–H groups in total. The number of hydrogen-bond donors (Lipinski definition) is 4. The molecule has 3 heterocycles. The van der Waals surface area contributed by atoms with Crippen LogP contribution < -0.4 is 16.0 Å². The lowest BCUT2D eigenvalue weighted by atomic mass is 10.1. The molecule has 1 unspecified atom stereocenters. The van der Waals surface area contributed by atoms with Crippen molar-refractivity contribution in [2.45, 2.75) is 32.4 Å². The van der Waals surface area contributed by atoms with Crippen molar-refractivity contribution in [3.8, 4) is 11.6 Å². The largest absolute Gasteiger partial charge is 0.461 e. The van der Waals surface area contributed by atoms with Crippen molar-refractivity contribution in [1.29, 1.82) is 0 Å². The molecule has 128 valence electrons. The van der Waals surface area contributed by atoms with Crippen LogP contribution in [0.3, 0.4) is 0 Å². The summed E-state index contributed by atoms with van der Waals surface area (Å²) in [6.45, 7) is 3.72. The number of aliphatic imine (C=N–C) groups is 1. The van der Waals surface area contributed by atoms with Gasteiger partial charge in [-0.3, -0.25) is 9.89 Å². The summed E-state index contributed by atoms with van der Waals surface area (Å²) in [5.74, 6) is 2.56. The zero-order valence-corrected chi connectivity index (χ0v) is 13.5. The number of hydrogen-bond acceptors (Lipinski definition) is 5. The highest BCUT2D eigenvalue weighted by Crippen LogP contribution is 2.14.